The minimum absolute atomic E-state index is 0.0243. The molecular formula is C17H22BrN3O6S. The summed E-state index contributed by atoms with van der Waals surface area (Å²) < 4.78 is 43.7. The second kappa shape index (κ2) is 9.03. The van der Waals surface area contributed by atoms with Crippen LogP contribution in [0.15, 0.2) is 32.1 Å². The number of nitrogens with one attached hydrogen (secondary N) is 1. The smallest absolute Gasteiger partial charge is 0.269 e. The number of amides is 1. The van der Waals surface area contributed by atoms with E-state index in [1.165, 1.54) is 32.2 Å². The predicted octanol–water partition coefficient (Wildman–Crippen LogP) is 3.17. The van der Waals surface area contributed by atoms with Gasteiger partial charge in [-0.25, -0.2) is 12.7 Å². The van der Waals surface area contributed by atoms with Crippen molar-refractivity contribution in [3.05, 3.63) is 33.9 Å². The molecule has 0 aliphatic carbocycles. The topological polar surface area (TPSA) is 111 Å². The molecule has 0 saturated carbocycles. The summed E-state index contributed by atoms with van der Waals surface area (Å²) >= 11 is 3.26. The third-order valence-corrected chi connectivity index (χ3v) is 6.62. The standard InChI is InChI=1S/C17H22BrN3O6S/c1-10-11(2)20-27-17(10)21(9-26-13(4)25-5)28(23,24)16-7-6-14(8-15(16)18)19-12(3)22/h6-8,13H,9H2,1-5H3,(H,19,22). The lowest BCUT2D eigenvalue weighted by Gasteiger charge is -2.24. The van der Waals surface area contributed by atoms with Crippen molar-refractivity contribution in [1.29, 1.82) is 0 Å². The molecule has 0 bridgehead atoms. The third-order valence-electron chi connectivity index (χ3n) is 3.94. The number of rotatable bonds is 8. The first-order valence-corrected chi connectivity index (χ1v) is 10.5. The minimum Gasteiger partial charge on any atom is -0.356 e. The number of halogens is 1. The minimum atomic E-state index is -4.08. The molecule has 2 rings (SSSR count). The highest BCUT2D eigenvalue weighted by Gasteiger charge is 2.32. The van der Waals surface area contributed by atoms with Gasteiger partial charge in [0.2, 0.25) is 11.8 Å². The number of methoxy groups -OCH3 is 1. The van der Waals surface area contributed by atoms with Crippen molar-refractivity contribution in [2.75, 3.05) is 23.5 Å². The van der Waals surface area contributed by atoms with Crippen LogP contribution in [-0.4, -0.2) is 39.6 Å². The number of carbonyl (C=O) groups excluding carboxylic acids is 1. The number of aromatic nitrogens is 1. The molecule has 0 spiro atoms. The summed E-state index contributed by atoms with van der Waals surface area (Å²) in [6.07, 6.45) is -0.632. The lowest BCUT2D eigenvalue weighted by atomic mass is 10.3. The van der Waals surface area contributed by atoms with Gasteiger partial charge in [-0.05, 0) is 54.9 Å². The number of carbonyl (C=O) groups is 1. The summed E-state index contributed by atoms with van der Waals surface area (Å²) in [5, 5.41) is 6.43. The molecule has 1 aromatic carbocycles. The predicted molar refractivity (Wildman–Crippen MR) is 107 cm³/mol. The molecule has 1 atom stereocenters. The van der Waals surface area contributed by atoms with Gasteiger partial charge >= 0.3 is 0 Å². The Labute approximate surface area is 172 Å². The van der Waals surface area contributed by atoms with Gasteiger partial charge in [0.05, 0.1) is 5.69 Å². The lowest BCUT2D eigenvalue weighted by molar-refractivity contribution is -0.114. The number of ether oxygens (including phenoxy) is 2. The number of hydrogen-bond donors (Lipinski definition) is 1. The van der Waals surface area contributed by atoms with Crippen molar-refractivity contribution in [3.63, 3.8) is 0 Å². The molecule has 28 heavy (non-hydrogen) atoms. The fourth-order valence-corrected chi connectivity index (χ4v) is 4.59. The van der Waals surface area contributed by atoms with Gasteiger partial charge in [0.1, 0.15) is 11.6 Å². The van der Waals surface area contributed by atoms with Crippen molar-refractivity contribution in [3.8, 4) is 0 Å². The van der Waals surface area contributed by atoms with Crippen LogP contribution in [-0.2, 0) is 24.3 Å². The Bertz CT molecular complexity index is 960. The first-order valence-electron chi connectivity index (χ1n) is 8.25. The van der Waals surface area contributed by atoms with Crippen LogP contribution in [0.1, 0.15) is 25.1 Å². The van der Waals surface area contributed by atoms with Crippen LogP contribution in [0.3, 0.4) is 0 Å². The zero-order valence-electron chi connectivity index (χ0n) is 16.1. The number of aryl methyl sites for hydroxylation is 1. The molecule has 1 unspecified atom stereocenters. The highest BCUT2D eigenvalue weighted by Crippen LogP contribution is 2.33. The van der Waals surface area contributed by atoms with Crippen molar-refractivity contribution >= 4 is 43.4 Å². The fourth-order valence-electron chi connectivity index (χ4n) is 2.22. The van der Waals surface area contributed by atoms with E-state index in [0.29, 0.717) is 16.9 Å². The number of nitrogens with zero attached hydrogens (tertiary/aromatic N) is 2. The first-order chi connectivity index (χ1) is 13.1. The summed E-state index contributed by atoms with van der Waals surface area (Å²) in [4.78, 5) is 11.2. The summed E-state index contributed by atoms with van der Waals surface area (Å²) in [5.74, 6) is -0.211. The molecule has 0 aliphatic heterocycles. The molecule has 1 aromatic heterocycles. The van der Waals surface area contributed by atoms with Crippen LogP contribution in [0.4, 0.5) is 11.6 Å². The molecule has 2 aromatic rings. The molecule has 1 N–H and O–H groups in total. The Hall–Kier alpha value is -1.95. The van der Waals surface area contributed by atoms with Gasteiger partial charge in [0, 0.05) is 29.8 Å². The van der Waals surface area contributed by atoms with Crippen LogP contribution in [0.25, 0.3) is 0 Å². The van der Waals surface area contributed by atoms with Crippen molar-refractivity contribution in [2.24, 2.45) is 0 Å². The molecule has 11 heteroatoms. The highest BCUT2D eigenvalue weighted by molar-refractivity contribution is 9.10. The van der Waals surface area contributed by atoms with Gasteiger partial charge in [0.15, 0.2) is 6.29 Å². The largest absolute Gasteiger partial charge is 0.356 e. The SMILES string of the molecule is COC(C)OCN(c1onc(C)c1C)S(=O)(=O)c1ccc(NC(C)=O)cc1Br. The zero-order valence-corrected chi connectivity index (χ0v) is 18.5. The summed E-state index contributed by atoms with van der Waals surface area (Å²) in [6.45, 7) is 6.08. The van der Waals surface area contributed by atoms with E-state index >= 15 is 0 Å². The van der Waals surface area contributed by atoms with E-state index in [9.17, 15) is 13.2 Å². The monoisotopic (exact) mass is 475 g/mol. The highest BCUT2D eigenvalue weighted by atomic mass is 79.9. The van der Waals surface area contributed by atoms with Gasteiger partial charge in [-0.3, -0.25) is 4.79 Å². The Morgan fingerprint density at radius 3 is 2.57 bits per heavy atom. The first kappa shape index (κ1) is 22.3. The molecule has 9 nitrogen and oxygen atoms in total. The van der Waals surface area contributed by atoms with Crippen LogP contribution >= 0.6 is 15.9 Å². The maximum absolute atomic E-state index is 13.3. The molecule has 0 saturated heterocycles. The van der Waals surface area contributed by atoms with Crippen LogP contribution in [0.5, 0.6) is 0 Å². The van der Waals surface area contributed by atoms with E-state index in [-0.39, 0.29) is 27.9 Å². The Morgan fingerprint density at radius 2 is 2.07 bits per heavy atom. The maximum atomic E-state index is 13.3. The molecule has 0 fully saturated rings. The van der Waals surface area contributed by atoms with Crippen molar-refractivity contribution < 1.29 is 27.2 Å². The number of anilines is 2. The van der Waals surface area contributed by atoms with Crippen LogP contribution in [0.2, 0.25) is 0 Å². The molecule has 0 radical (unpaired) electrons. The number of benzene rings is 1. The van der Waals surface area contributed by atoms with Crippen molar-refractivity contribution in [2.45, 2.75) is 38.9 Å². The Morgan fingerprint density at radius 1 is 1.39 bits per heavy atom. The second-order valence-corrected chi connectivity index (χ2v) is 8.66. The molecule has 154 valence electrons. The summed E-state index contributed by atoms with van der Waals surface area (Å²) in [6, 6.07) is 4.38. The van der Waals surface area contributed by atoms with Crippen LogP contribution < -0.4 is 9.62 Å². The molecule has 0 aliphatic rings. The third kappa shape index (κ3) is 4.90. The molecular weight excluding hydrogens is 454 g/mol. The molecule has 1 amide bonds. The molecule has 1 heterocycles. The Balaban J connectivity index is 2.48. The fraction of sp³-hybridized carbons (Fsp3) is 0.412. The van der Waals surface area contributed by atoms with Gasteiger partial charge in [-0.2, -0.15) is 0 Å². The van der Waals surface area contributed by atoms with E-state index in [0.717, 1.165) is 4.31 Å². The number of hydrogen-bond acceptors (Lipinski definition) is 7. The van der Waals surface area contributed by atoms with E-state index in [1.54, 1.807) is 20.8 Å². The summed E-state index contributed by atoms with van der Waals surface area (Å²) in [7, 11) is -2.63. The summed E-state index contributed by atoms with van der Waals surface area (Å²) in [5.41, 5.74) is 1.60. The average Bonchev–Trinajstić information content (AvgIpc) is 2.93. The van der Waals surface area contributed by atoms with E-state index in [4.69, 9.17) is 14.0 Å². The second-order valence-electron chi connectivity index (χ2n) is 5.98. The maximum Gasteiger partial charge on any atom is 0.269 e. The van der Waals surface area contributed by atoms with Gasteiger partial charge in [0.25, 0.3) is 10.0 Å². The Kier molecular flexibility index (Phi) is 7.21. The average molecular weight is 476 g/mol. The van der Waals surface area contributed by atoms with E-state index in [1.807, 2.05) is 0 Å². The van der Waals surface area contributed by atoms with Gasteiger partial charge in [-0.1, -0.05) is 5.16 Å². The number of sulfonamides is 1. The van der Waals surface area contributed by atoms with Gasteiger partial charge < -0.3 is 19.3 Å². The van der Waals surface area contributed by atoms with Crippen LogP contribution in [0, 0.1) is 13.8 Å². The van der Waals surface area contributed by atoms with Crippen molar-refractivity contribution in [1.82, 2.24) is 5.16 Å². The quantitative estimate of drug-likeness (QED) is 0.583. The van der Waals surface area contributed by atoms with E-state index < -0.39 is 16.3 Å². The van der Waals surface area contributed by atoms with Gasteiger partial charge in [-0.15, -0.1) is 0 Å². The normalized spacial score (nSPS) is 12.6. The zero-order chi connectivity index (χ0) is 21.1. The van der Waals surface area contributed by atoms with E-state index in [2.05, 4.69) is 26.4 Å². The lowest BCUT2D eigenvalue weighted by Crippen LogP contribution is -2.35.